The molecule has 1 N–H and O–H groups in total. The van der Waals surface area contributed by atoms with Crippen molar-refractivity contribution in [3.8, 4) is 0 Å². The predicted octanol–water partition coefficient (Wildman–Crippen LogP) is 4.61. The number of hydrogen-bond donors (Lipinski definition) is 1. The lowest BCUT2D eigenvalue weighted by atomic mass is 10.1. The first kappa shape index (κ1) is 16.7. The Bertz CT molecular complexity index is 267. The molecule has 0 radical (unpaired) electrons. The van der Waals surface area contributed by atoms with Gasteiger partial charge in [0.15, 0.2) is 0 Å². The van der Waals surface area contributed by atoms with Gasteiger partial charge in [0.05, 0.1) is 10.7 Å². The van der Waals surface area contributed by atoms with Crippen LogP contribution in [0, 0.1) is 0 Å². The van der Waals surface area contributed by atoms with E-state index in [0.29, 0.717) is 4.58 Å². The minimum atomic E-state index is -1.05. The molecule has 1 atom stereocenters. The average Bonchev–Trinajstić information content (AvgIpc) is 2.27. The van der Waals surface area contributed by atoms with E-state index >= 15 is 0 Å². The highest BCUT2D eigenvalue weighted by Gasteiger charge is 2.21. The van der Waals surface area contributed by atoms with Gasteiger partial charge in [-0.15, -0.1) is 23.5 Å². The van der Waals surface area contributed by atoms with Gasteiger partial charge < -0.3 is 5.11 Å². The van der Waals surface area contributed by atoms with E-state index in [-0.39, 0.29) is 6.10 Å². The molecule has 0 aromatic heterocycles. The summed E-state index contributed by atoms with van der Waals surface area (Å²) in [6.45, 7) is 9.31. The zero-order chi connectivity index (χ0) is 13.6. The zero-order valence-electron chi connectivity index (χ0n) is 12.2. The van der Waals surface area contributed by atoms with Gasteiger partial charge in [0, 0.05) is 8.07 Å². The smallest absolute Gasteiger partial charge is 0.0595 e. The van der Waals surface area contributed by atoms with Gasteiger partial charge in [-0.1, -0.05) is 31.3 Å². The SMILES string of the molecule is C/C=C(\CC(O)CC1SCCCS1)C[Si](C)(C)C. The summed E-state index contributed by atoms with van der Waals surface area (Å²) >= 11 is 4.06. The van der Waals surface area contributed by atoms with Crippen LogP contribution in [0.1, 0.15) is 26.2 Å². The van der Waals surface area contributed by atoms with E-state index in [9.17, 15) is 5.11 Å². The molecule has 1 heterocycles. The summed E-state index contributed by atoms with van der Waals surface area (Å²) in [6.07, 6.45) is 5.26. The van der Waals surface area contributed by atoms with E-state index in [4.69, 9.17) is 0 Å². The van der Waals surface area contributed by atoms with Crippen LogP contribution < -0.4 is 0 Å². The van der Waals surface area contributed by atoms with E-state index in [1.807, 2.05) is 23.5 Å². The lowest BCUT2D eigenvalue weighted by Gasteiger charge is -2.25. The van der Waals surface area contributed by atoms with Crippen LogP contribution in [0.2, 0.25) is 25.7 Å². The molecule has 1 fully saturated rings. The number of thioether (sulfide) groups is 2. The molecule has 1 nitrogen and oxygen atoms in total. The van der Waals surface area contributed by atoms with Crippen molar-refractivity contribution in [2.45, 2.75) is 62.6 Å². The molecule has 0 spiro atoms. The molecule has 18 heavy (non-hydrogen) atoms. The fraction of sp³-hybridized carbons (Fsp3) is 0.857. The van der Waals surface area contributed by atoms with Crippen LogP contribution in [0.25, 0.3) is 0 Å². The van der Waals surface area contributed by atoms with Crippen molar-refractivity contribution in [2.24, 2.45) is 0 Å². The third-order valence-electron chi connectivity index (χ3n) is 3.02. The highest BCUT2D eigenvalue weighted by Crippen LogP contribution is 2.34. The monoisotopic (exact) mass is 304 g/mol. The van der Waals surface area contributed by atoms with Crippen LogP contribution in [0.5, 0.6) is 0 Å². The molecule has 0 saturated carbocycles. The largest absolute Gasteiger partial charge is 0.393 e. The van der Waals surface area contributed by atoms with Crippen molar-refractivity contribution in [1.29, 1.82) is 0 Å². The minimum absolute atomic E-state index is 0.143. The second-order valence-corrected chi connectivity index (χ2v) is 14.7. The molecule has 4 heteroatoms. The highest BCUT2D eigenvalue weighted by atomic mass is 32.2. The van der Waals surface area contributed by atoms with Crippen LogP contribution in [0.4, 0.5) is 0 Å². The van der Waals surface area contributed by atoms with Crippen LogP contribution >= 0.6 is 23.5 Å². The van der Waals surface area contributed by atoms with Crippen molar-refractivity contribution >= 4 is 31.6 Å². The molecule has 0 aromatic carbocycles. The first-order chi connectivity index (χ1) is 8.40. The minimum Gasteiger partial charge on any atom is -0.393 e. The second-order valence-electron chi connectivity index (χ2n) is 6.30. The van der Waals surface area contributed by atoms with Crippen LogP contribution in [0.3, 0.4) is 0 Å². The summed E-state index contributed by atoms with van der Waals surface area (Å²) in [6, 6.07) is 1.23. The van der Waals surface area contributed by atoms with E-state index in [1.165, 1.54) is 29.5 Å². The van der Waals surface area contributed by atoms with Crippen LogP contribution in [0.15, 0.2) is 11.6 Å². The predicted molar refractivity (Wildman–Crippen MR) is 90.5 cm³/mol. The molecular weight excluding hydrogens is 276 g/mol. The van der Waals surface area contributed by atoms with E-state index in [2.05, 4.69) is 32.6 Å². The normalized spacial score (nSPS) is 21.1. The lowest BCUT2D eigenvalue weighted by Crippen LogP contribution is -2.22. The van der Waals surface area contributed by atoms with E-state index in [1.54, 1.807) is 0 Å². The van der Waals surface area contributed by atoms with Crippen LogP contribution in [-0.2, 0) is 0 Å². The van der Waals surface area contributed by atoms with Gasteiger partial charge in [0.1, 0.15) is 0 Å². The topological polar surface area (TPSA) is 20.2 Å². The van der Waals surface area contributed by atoms with Crippen molar-refractivity contribution in [3.05, 3.63) is 11.6 Å². The van der Waals surface area contributed by atoms with Crippen LogP contribution in [-0.4, -0.2) is 35.4 Å². The Morgan fingerprint density at radius 2 is 1.94 bits per heavy atom. The molecule has 1 rings (SSSR count). The average molecular weight is 305 g/mol. The van der Waals surface area contributed by atoms with E-state index in [0.717, 1.165) is 12.8 Å². The number of allylic oxidation sites excluding steroid dienone is 1. The molecule has 0 aliphatic carbocycles. The summed E-state index contributed by atoms with van der Waals surface area (Å²) in [5.41, 5.74) is 1.47. The third kappa shape index (κ3) is 7.27. The first-order valence-electron chi connectivity index (χ1n) is 6.96. The standard InChI is InChI=1S/C14H28OS2Si/c1-5-12(11-18(2,3)4)9-13(15)10-14-16-7-6-8-17-14/h5,13-15H,6-11H2,1-4H3/b12-5+. The fourth-order valence-corrected chi connectivity index (χ4v) is 6.97. The molecule has 0 aromatic rings. The number of rotatable bonds is 6. The Labute approximate surface area is 122 Å². The number of aliphatic hydroxyl groups is 1. The summed E-state index contributed by atoms with van der Waals surface area (Å²) < 4.78 is 0.624. The van der Waals surface area contributed by atoms with Gasteiger partial charge in [0.2, 0.25) is 0 Å². The van der Waals surface area contributed by atoms with E-state index < -0.39 is 8.07 Å². The van der Waals surface area contributed by atoms with Gasteiger partial charge in [-0.3, -0.25) is 0 Å². The quantitative estimate of drug-likeness (QED) is 0.572. The first-order valence-corrected chi connectivity index (χ1v) is 12.8. The summed E-state index contributed by atoms with van der Waals surface area (Å²) in [5.74, 6) is 2.55. The Morgan fingerprint density at radius 1 is 1.33 bits per heavy atom. The molecule has 1 saturated heterocycles. The molecule has 0 bridgehead atoms. The molecule has 1 aliphatic heterocycles. The summed E-state index contributed by atoms with van der Waals surface area (Å²) in [5, 5.41) is 10.2. The molecule has 1 unspecified atom stereocenters. The Balaban J connectivity index is 2.35. The van der Waals surface area contributed by atoms with Crippen molar-refractivity contribution in [2.75, 3.05) is 11.5 Å². The van der Waals surface area contributed by atoms with Crippen molar-refractivity contribution in [1.82, 2.24) is 0 Å². The Morgan fingerprint density at radius 3 is 2.44 bits per heavy atom. The summed E-state index contributed by atoms with van der Waals surface area (Å²) in [7, 11) is -1.05. The zero-order valence-corrected chi connectivity index (χ0v) is 14.9. The fourth-order valence-electron chi connectivity index (χ4n) is 2.25. The lowest BCUT2D eigenvalue weighted by molar-refractivity contribution is 0.170. The van der Waals surface area contributed by atoms with Gasteiger partial charge >= 0.3 is 0 Å². The van der Waals surface area contributed by atoms with Gasteiger partial charge in [-0.05, 0) is 43.7 Å². The number of hydrogen-bond acceptors (Lipinski definition) is 3. The Kier molecular flexibility index (Phi) is 7.43. The highest BCUT2D eigenvalue weighted by molar-refractivity contribution is 8.17. The Hall–Kier alpha value is 0.617. The van der Waals surface area contributed by atoms with Gasteiger partial charge in [-0.2, -0.15) is 0 Å². The summed E-state index contributed by atoms with van der Waals surface area (Å²) in [4.78, 5) is 0. The maximum Gasteiger partial charge on any atom is 0.0595 e. The molecule has 0 amide bonds. The molecular formula is C14H28OS2Si. The van der Waals surface area contributed by atoms with Gasteiger partial charge in [-0.25, -0.2) is 0 Å². The molecule has 106 valence electrons. The van der Waals surface area contributed by atoms with Gasteiger partial charge in [0.25, 0.3) is 0 Å². The van der Waals surface area contributed by atoms with Crippen molar-refractivity contribution in [3.63, 3.8) is 0 Å². The second kappa shape index (κ2) is 8.03. The third-order valence-corrected chi connectivity index (χ3v) is 7.53. The maximum absolute atomic E-state index is 10.2. The van der Waals surface area contributed by atoms with Crippen molar-refractivity contribution < 1.29 is 5.11 Å². The molecule has 1 aliphatic rings. The number of aliphatic hydroxyl groups excluding tert-OH is 1. The maximum atomic E-state index is 10.2.